The third kappa shape index (κ3) is 3.12. The van der Waals surface area contributed by atoms with Gasteiger partial charge in [0.25, 0.3) is 0 Å². The van der Waals surface area contributed by atoms with Crippen molar-refractivity contribution in [3.05, 3.63) is 11.2 Å². The molecule has 0 spiro atoms. The largest absolute Gasteiger partial charge is 0.480 e. The monoisotopic (exact) mass is 299 g/mol. The molecule has 1 aromatic rings. The predicted octanol–water partition coefficient (Wildman–Crippen LogP) is 2.73. The summed E-state index contributed by atoms with van der Waals surface area (Å²) in [6.07, 6.45) is 6.38. The summed E-state index contributed by atoms with van der Waals surface area (Å²) in [5.74, 6) is -0.559. The molecule has 1 aliphatic carbocycles. The number of nitrogens with zero attached hydrogens (tertiary/aromatic N) is 2. The second-order valence-corrected chi connectivity index (χ2v) is 5.39. The standard InChI is InChI=1S/C13H18ClN3O3/c1-20-12-15-8-9(14)10(16-12)17-13(11(18)19)6-4-2-3-5-7-13/h8H,2-7H2,1H3,(H,18,19)(H,15,16,17). The van der Waals surface area contributed by atoms with Gasteiger partial charge in [-0.1, -0.05) is 37.3 Å². The van der Waals surface area contributed by atoms with E-state index in [1.165, 1.54) is 13.3 Å². The molecule has 0 aromatic carbocycles. The lowest BCUT2D eigenvalue weighted by Crippen LogP contribution is -2.46. The number of carboxylic acids is 1. The highest BCUT2D eigenvalue weighted by Crippen LogP contribution is 2.33. The van der Waals surface area contributed by atoms with Crippen molar-refractivity contribution in [1.29, 1.82) is 0 Å². The molecule has 0 saturated heterocycles. The SMILES string of the molecule is COc1ncc(Cl)c(NC2(C(=O)O)CCCCCC2)n1. The van der Waals surface area contributed by atoms with Crippen molar-refractivity contribution >= 4 is 23.4 Å². The van der Waals surface area contributed by atoms with E-state index in [0.717, 1.165) is 25.7 Å². The highest BCUT2D eigenvalue weighted by atomic mass is 35.5. The van der Waals surface area contributed by atoms with E-state index in [9.17, 15) is 9.90 Å². The first-order chi connectivity index (χ1) is 9.57. The van der Waals surface area contributed by atoms with Crippen molar-refractivity contribution in [3.63, 3.8) is 0 Å². The number of hydrogen-bond acceptors (Lipinski definition) is 5. The Morgan fingerprint density at radius 1 is 1.40 bits per heavy atom. The molecule has 0 unspecified atom stereocenters. The number of anilines is 1. The summed E-state index contributed by atoms with van der Waals surface area (Å²) in [5, 5.41) is 12.9. The number of carbonyl (C=O) groups is 1. The van der Waals surface area contributed by atoms with Crippen LogP contribution in [-0.2, 0) is 4.79 Å². The highest BCUT2D eigenvalue weighted by Gasteiger charge is 2.39. The number of ether oxygens (including phenoxy) is 1. The maximum absolute atomic E-state index is 11.7. The Morgan fingerprint density at radius 2 is 2.05 bits per heavy atom. The van der Waals surface area contributed by atoms with Gasteiger partial charge in [-0.25, -0.2) is 9.78 Å². The van der Waals surface area contributed by atoms with Gasteiger partial charge in [0.05, 0.1) is 13.3 Å². The lowest BCUT2D eigenvalue weighted by Gasteiger charge is -2.30. The zero-order valence-corrected chi connectivity index (χ0v) is 12.1. The first kappa shape index (κ1) is 14.8. The molecule has 2 N–H and O–H groups in total. The van der Waals surface area contributed by atoms with Crippen LogP contribution in [0.25, 0.3) is 0 Å². The number of methoxy groups -OCH3 is 1. The number of carboxylic acid groups (broad SMARTS) is 1. The number of hydrogen-bond donors (Lipinski definition) is 2. The molecule has 110 valence electrons. The van der Waals surface area contributed by atoms with E-state index in [-0.39, 0.29) is 11.0 Å². The van der Waals surface area contributed by atoms with Crippen LogP contribution in [0.4, 0.5) is 5.82 Å². The zero-order chi connectivity index (χ0) is 14.6. The van der Waals surface area contributed by atoms with Crippen molar-refractivity contribution in [1.82, 2.24) is 9.97 Å². The maximum Gasteiger partial charge on any atom is 0.329 e. The normalized spacial score (nSPS) is 18.1. The molecule has 7 heteroatoms. The van der Waals surface area contributed by atoms with Gasteiger partial charge in [0.15, 0.2) is 5.82 Å². The summed E-state index contributed by atoms with van der Waals surface area (Å²) in [6, 6.07) is 0.158. The van der Waals surface area contributed by atoms with Crippen LogP contribution in [0.5, 0.6) is 6.01 Å². The molecule has 1 saturated carbocycles. The number of aromatic nitrogens is 2. The molecular weight excluding hydrogens is 282 g/mol. The minimum absolute atomic E-state index is 0.158. The summed E-state index contributed by atoms with van der Waals surface area (Å²) in [6.45, 7) is 0. The van der Waals surface area contributed by atoms with Gasteiger partial charge in [0.1, 0.15) is 10.6 Å². The molecule has 6 nitrogen and oxygen atoms in total. The molecule has 0 radical (unpaired) electrons. The molecule has 1 aliphatic rings. The van der Waals surface area contributed by atoms with Gasteiger partial charge in [-0.05, 0) is 12.8 Å². The van der Waals surface area contributed by atoms with Crippen LogP contribution in [0, 0.1) is 0 Å². The Balaban J connectivity index is 2.30. The zero-order valence-electron chi connectivity index (χ0n) is 11.4. The summed E-state index contributed by atoms with van der Waals surface area (Å²) in [5.41, 5.74) is -1.01. The van der Waals surface area contributed by atoms with E-state index in [2.05, 4.69) is 15.3 Å². The van der Waals surface area contributed by atoms with Crippen molar-refractivity contribution in [3.8, 4) is 6.01 Å². The Labute approximate surface area is 122 Å². The quantitative estimate of drug-likeness (QED) is 0.832. The second kappa shape index (κ2) is 6.26. The fourth-order valence-corrected chi connectivity index (χ4v) is 2.63. The van der Waals surface area contributed by atoms with E-state index in [0.29, 0.717) is 18.7 Å². The van der Waals surface area contributed by atoms with Gasteiger partial charge in [-0.3, -0.25) is 0 Å². The molecule has 0 aliphatic heterocycles. The number of rotatable bonds is 4. The van der Waals surface area contributed by atoms with E-state index >= 15 is 0 Å². The van der Waals surface area contributed by atoms with E-state index in [1.807, 2.05) is 0 Å². The Hall–Kier alpha value is -1.56. The van der Waals surface area contributed by atoms with Crippen molar-refractivity contribution in [2.45, 2.75) is 44.1 Å². The topological polar surface area (TPSA) is 84.3 Å². The lowest BCUT2D eigenvalue weighted by atomic mass is 9.90. The maximum atomic E-state index is 11.7. The molecule has 0 bridgehead atoms. The van der Waals surface area contributed by atoms with Crippen LogP contribution in [0.3, 0.4) is 0 Å². The summed E-state index contributed by atoms with van der Waals surface area (Å²) < 4.78 is 4.95. The average Bonchev–Trinajstić information content (AvgIpc) is 2.68. The van der Waals surface area contributed by atoms with Crippen molar-refractivity contribution in [2.24, 2.45) is 0 Å². The van der Waals surface area contributed by atoms with Gasteiger partial charge >= 0.3 is 12.0 Å². The first-order valence-corrected chi connectivity index (χ1v) is 7.03. The Kier molecular flexibility index (Phi) is 4.65. The number of aliphatic carboxylic acids is 1. The van der Waals surface area contributed by atoms with Crippen molar-refractivity contribution < 1.29 is 14.6 Å². The van der Waals surface area contributed by atoms with Crippen LogP contribution >= 0.6 is 11.6 Å². The van der Waals surface area contributed by atoms with Gasteiger partial charge in [0, 0.05) is 0 Å². The molecule has 1 fully saturated rings. The minimum atomic E-state index is -1.01. The molecular formula is C13H18ClN3O3. The van der Waals surface area contributed by atoms with E-state index < -0.39 is 11.5 Å². The third-order valence-corrected chi connectivity index (χ3v) is 3.91. The lowest BCUT2D eigenvalue weighted by molar-refractivity contribution is -0.142. The number of nitrogens with one attached hydrogen (secondary N) is 1. The van der Waals surface area contributed by atoms with Gasteiger partial charge in [0.2, 0.25) is 0 Å². The van der Waals surface area contributed by atoms with E-state index in [1.54, 1.807) is 0 Å². The second-order valence-electron chi connectivity index (χ2n) is 4.98. The molecule has 1 heterocycles. The molecule has 0 atom stereocenters. The predicted molar refractivity (Wildman–Crippen MR) is 75.3 cm³/mol. The summed E-state index contributed by atoms with van der Waals surface area (Å²) >= 11 is 6.04. The molecule has 20 heavy (non-hydrogen) atoms. The van der Waals surface area contributed by atoms with E-state index in [4.69, 9.17) is 16.3 Å². The number of halogens is 1. The fraction of sp³-hybridized carbons (Fsp3) is 0.615. The van der Waals surface area contributed by atoms with Crippen LogP contribution in [-0.4, -0.2) is 33.7 Å². The molecule has 0 amide bonds. The van der Waals surface area contributed by atoms with Crippen LogP contribution in [0.15, 0.2) is 6.20 Å². The van der Waals surface area contributed by atoms with Crippen molar-refractivity contribution in [2.75, 3.05) is 12.4 Å². The van der Waals surface area contributed by atoms with Crippen LogP contribution < -0.4 is 10.1 Å². The summed E-state index contributed by atoms with van der Waals surface area (Å²) in [4.78, 5) is 19.7. The van der Waals surface area contributed by atoms with Crippen LogP contribution in [0.2, 0.25) is 5.02 Å². The average molecular weight is 300 g/mol. The molecule has 1 aromatic heterocycles. The van der Waals surface area contributed by atoms with Gasteiger partial charge in [-0.2, -0.15) is 4.98 Å². The third-order valence-electron chi connectivity index (χ3n) is 3.63. The summed E-state index contributed by atoms with van der Waals surface area (Å²) in [7, 11) is 1.45. The Bertz CT molecular complexity index is 488. The van der Waals surface area contributed by atoms with Gasteiger partial charge in [-0.15, -0.1) is 0 Å². The Morgan fingerprint density at radius 3 is 2.60 bits per heavy atom. The molecule has 2 rings (SSSR count). The van der Waals surface area contributed by atoms with Gasteiger partial charge < -0.3 is 15.2 Å². The first-order valence-electron chi connectivity index (χ1n) is 6.65. The highest BCUT2D eigenvalue weighted by molar-refractivity contribution is 6.32. The smallest absolute Gasteiger partial charge is 0.329 e. The fourth-order valence-electron chi connectivity index (χ4n) is 2.49. The van der Waals surface area contributed by atoms with Crippen LogP contribution in [0.1, 0.15) is 38.5 Å². The minimum Gasteiger partial charge on any atom is -0.480 e.